The summed E-state index contributed by atoms with van der Waals surface area (Å²) in [6.07, 6.45) is 0.738. The number of nitrogens with zero attached hydrogens (tertiary/aromatic N) is 1. The lowest BCUT2D eigenvalue weighted by atomic mass is 9.97. The van der Waals surface area contributed by atoms with Gasteiger partial charge < -0.3 is 23.5 Å². The lowest BCUT2D eigenvalue weighted by Gasteiger charge is -2.26. The van der Waals surface area contributed by atoms with Gasteiger partial charge in [0.05, 0.1) is 36.8 Å². The monoisotopic (exact) mass is 479 g/mol. The predicted octanol–water partition coefficient (Wildman–Crippen LogP) is 5.18. The molecule has 2 aromatic carbocycles. The quantitative estimate of drug-likeness (QED) is 0.394. The Kier molecular flexibility index (Phi) is 7.17. The van der Waals surface area contributed by atoms with Gasteiger partial charge in [-0.15, -0.1) is 0 Å². The third-order valence-electron chi connectivity index (χ3n) is 6.38. The summed E-state index contributed by atoms with van der Waals surface area (Å²) in [5.41, 5.74) is 3.37. The molecular weight excluding hydrogens is 446 g/mol. The molecule has 1 atom stereocenters. The van der Waals surface area contributed by atoms with E-state index >= 15 is 0 Å². The van der Waals surface area contributed by atoms with Crippen LogP contribution < -0.4 is 14.9 Å². The molecule has 0 N–H and O–H groups in total. The molecule has 3 aromatic rings. The maximum Gasteiger partial charge on any atom is 0.290 e. The van der Waals surface area contributed by atoms with Crippen LogP contribution in [-0.4, -0.2) is 43.8 Å². The van der Waals surface area contributed by atoms with Crippen molar-refractivity contribution in [1.82, 2.24) is 4.90 Å². The van der Waals surface area contributed by atoms with E-state index in [4.69, 9.17) is 18.6 Å². The van der Waals surface area contributed by atoms with Crippen LogP contribution in [0.4, 0.5) is 0 Å². The minimum atomic E-state index is -0.594. The number of benzene rings is 2. The molecule has 35 heavy (non-hydrogen) atoms. The second-order valence-electron chi connectivity index (χ2n) is 9.12. The Morgan fingerprint density at radius 3 is 2.49 bits per heavy atom. The fraction of sp³-hybridized carbons (Fsp3) is 0.429. The van der Waals surface area contributed by atoms with Crippen LogP contribution in [0.1, 0.15) is 66.0 Å². The van der Waals surface area contributed by atoms with E-state index in [1.54, 1.807) is 12.0 Å². The highest BCUT2D eigenvalue weighted by atomic mass is 16.5. The van der Waals surface area contributed by atoms with Crippen LogP contribution in [0.15, 0.2) is 39.5 Å². The highest BCUT2D eigenvalue weighted by molar-refractivity contribution is 5.99. The predicted molar refractivity (Wildman–Crippen MR) is 135 cm³/mol. The molecule has 0 radical (unpaired) electrons. The molecule has 1 aliphatic rings. The molecule has 0 spiro atoms. The highest BCUT2D eigenvalue weighted by Gasteiger charge is 2.42. The summed E-state index contributed by atoms with van der Waals surface area (Å²) in [6, 6.07) is 8.60. The zero-order valence-electron chi connectivity index (χ0n) is 21.3. The Labute approximate surface area is 205 Å². The number of carbonyl (C=O) groups excluding carboxylic acids is 1. The van der Waals surface area contributed by atoms with Gasteiger partial charge in [-0.25, -0.2) is 0 Å². The van der Waals surface area contributed by atoms with Gasteiger partial charge in [0, 0.05) is 13.2 Å². The number of amides is 1. The fourth-order valence-corrected chi connectivity index (χ4v) is 4.54. The largest absolute Gasteiger partial charge is 0.493 e. The van der Waals surface area contributed by atoms with E-state index in [0.29, 0.717) is 54.2 Å². The van der Waals surface area contributed by atoms with Crippen molar-refractivity contribution in [3.63, 3.8) is 0 Å². The molecule has 0 saturated carbocycles. The lowest BCUT2D eigenvalue weighted by Crippen LogP contribution is -2.31. The van der Waals surface area contributed by atoms with E-state index in [-0.39, 0.29) is 23.2 Å². The molecule has 1 amide bonds. The SMILES string of the molecule is CCOc1ccc(C2c3c(oc4cc(C)c(C)cc4c3=O)C(=O)N2CCCOC(C)C)cc1OC. The van der Waals surface area contributed by atoms with Crippen molar-refractivity contribution in [1.29, 1.82) is 0 Å². The smallest absolute Gasteiger partial charge is 0.290 e. The Morgan fingerprint density at radius 1 is 1.06 bits per heavy atom. The Morgan fingerprint density at radius 2 is 1.80 bits per heavy atom. The summed E-state index contributed by atoms with van der Waals surface area (Å²) in [5.74, 6) is 0.967. The molecule has 1 unspecified atom stereocenters. The van der Waals surface area contributed by atoms with Gasteiger partial charge in [0.1, 0.15) is 5.58 Å². The molecular formula is C28H33NO6. The lowest BCUT2D eigenvalue weighted by molar-refractivity contribution is 0.0593. The molecule has 1 aliphatic heterocycles. The molecule has 2 heterocycles. The van der Waals surface area contributed by atoms with Crippen molar-refractivity contribution < 1.29 is 23.4 Å². The molecule has 0 saturated heterocycles. The number of carbonyl (C=O) groups is 1. The molecule has 0 fully saturated rings. The van der Waals surface area contributed by atoms with Crippen molar-refractivity contribution in [3.05, 3.63) is 68.6 Å². The number of ether oxygens (including phenoxy) is 3. The fourth-order valence-electron chi connectivity index (χ4n) is 4.54. The van der Waals surface area contributed by atoms with Crippen molar-refractivity contribution in [2.24, 2.45) is 0 Å². The van der Waals surface area contributed by atoms with E-state index < -0.39 is 6.04 Å². The maximum atomic E-state index is 13.8. The molecule has 186 valence electrons. The summed E-state index contributed by atoms with van der Waals surface area (Å²) < 4.78 is 23.0. The number of fused-ring (bicyclic) bond motifs is 2. The van der Waals surface area contributed by atoms with E-state index in [1.807, 2.05) is 65.0 Å². The standard InChI is InChI=1S/C28H33NO6/c1-7-33-21-10-9-19(15-23(21)32-6)25-24-26(30)20-13-17(4)18(5)14-22(20)35-27(24)28(31)29(25)11-8-12-34-16(2)3/h9-10,13-16,25H,7-8,11-12H2,1-6H3. The molecule has 0 aliphatic carbocycles. The maximum absolute atomic E-state index is 13.8. The summed E-state index contributed by atoms with van der Waals surface area (Å²) in [6.45, 7) is 11.2. The van der Waals surface area contributed by atoms with Gasteiger partial charge in [-0.05, 0) is 82.0 Å². The average molecular weight is 480 g/mol. The first-order valence-corrected chi connectivity index (χ1v) is 12.1. The first-order chi connectivity index (χ1) is 16.8. The average Bonchev–Trinajstić information content (AvgIpc) is 3.10. The number of hydrogen-bond donors (Lipinski definition) is 0. The highest BCUT2D eigenvalue weighted by Crippen LogP contribution is 2.41. The van der Waals surface area contributed by atoms with Gasteiger partial charge >= 0.3 is 0 Å². The van der Waals surface area contributed by atoms with Crippen LogP contribution in [0.25, 0.3) is 11.0 Å². The van der Waals surface area contributed by atoms with E-state index in [0.717, 1.165) is 16.7 Å². The van der Waals surface area contributed by atoms with Gasteiger partial charge in [-0.3, -0.25) is 9.59 Å². The molecule has 4 rings (SSSR count). The van der Waals surface area contributed by atoms with E-state index in [2.05, 4.69) is 0 Å². The van der Waals surface area contributed by atoms with Crippen LogP contribution >= 0.6 is 0 Å². The van der Waals surface area contributed by atoms with Gasteiger partial charge in [-0.2, -0.15) is 0 Å². The Hall–Kier alpha value is -3.32. The summed E-state index contributed by atoms with van der Waals surface area (Å²) >= 11 is 0. The van der Waals surface area contributed by atoms with E-state index in [9.17, 15) is 9.59 Å². The molecule has 7 nitrogen and oxygen atoms in total. The van der Waals surface area contributed by atoms with Gasteiger partial charge in [-0.1, -0.05) is 6.07 Å². The number of rotatable bonds is 9. The van der Waals surface area contributed by atoms with E-state index in [1.165, 1.54) is 0 Å². The summed E-state index contributed by atoms with van der Waals surface area (Å²) in [5, 5.41) is 0.479. The minimum absolute atomic E-state index is 0.104. The molecule has 7 heteroatoms. The zero-order chi connectivity index (χ0) is 25.3. The van der Waals surface area contributed by atoms with Crippen LogP contribution in [0, 0.1) is 13.8 Å². The third kappa shape index (κ3) is 4.65. The first-order valence-electron chi connectivity index (χ1n) is 12.1. The van der Waals surface area contributed by atoms with Gasteiger partial charge in [0.2, 0.25) is 5.76 Å². The second kappa shape index (κ2) is 10.1. The Bertz CT molecular complexity index is 1310. The van der Waals surface area contributed by atoms with Gasteiger partial charge in [0.15, 0.2) is 16.9 Å². The van der Waals surface area contributed by atoms with Gasteiger partial charge in [0.25, 0.3) is 5.91 Å². The van der Waals surface area contributed by atoms with Crippen LogP contribution in [0.2, 0.25) is 0 Å². The summed E-state index contributed by atoms with van der Waals surface area (Å²) in [7, 11) is 1.57. The normalized spacial score (nSPS) is 15.2. The number of aryl methyl sites for hydroxylation is 2. The first kappa shape index (κ1) is 24.8. The number of hydrogen-bond acceptors (Lipinski definition) is 6. The Balaban J connectivity index is 1.86. The van der Waals surface area contributed by atoms with Crippen LogP contribution in [0.3, 0.4) is 0 Å². The van der Waals surface area contributed by atoms with Crippen molar-refractivity contribution in [2.45, 2.75) is 53.2 Å². The number of methoxy groups -OCH3 is 1. The van der Waals surface area contributed by atoms with Crippen molar-refractivity contribution in [2.75, 3.05) is 26.9 Å². The summed E-state index contributed by atoms with van der Waals surface area (Å²) in [4.78, 5) is 29.1. The van der Waals surface area contributed by atoms with Crippen LogP contribution in [-0.2, 0) is 4.74 Å². The third-order valence-corrected chi connectivity index (χ3v) is 6.38. The topological polar surface area (TPSA) is 78.2 Å². The second-order valence-corrected chi connectivity index (χ2v) is 9.12. The molecule has 0 bridgehead atoms. The zero-order valence-corrected chi connectivity index (χ0v) is 21.3. The molecule has 1 aromatic heterocycles. The van der Waals surface area contributed by atoms with Crippen LogP contribution in [0.5, 0.6) is 11.5 Å². The van der Waals surface area contributed by atoms with Crippen molar-refractivity contribution >= 4 is 16.9 Å². The minimum Gasteiger partial charge on any atom is -0.493 e. The van der Waals surface area contributed by atoms with Crippen molar-refractivity contribution in [3.8, 4) is 11.5 Å².